The minimum atomic E-state index is -0.385. The molecule has 1 unspecified atom stereocenters. The molecule has 1 heterocycles. The second-order valence-electron chi connectivity index (χ2n) is 5.44. The highest BCUT2D eigenvalue weighted by Crippen LogP contribution is 2.29. The summed E-state index contributed by atoms with van der Waals surface area (Å²) in [6, 6.07) is 16.4. The van der Waals surface area contributed by atoms with Crippen LogP contribution in [0.25, 0.3) is 5.69 Å². The van der Waals surface area contributed by atoms with Crippen molar-refractivity contribution in [1.29, 1.82) is 5.26 Å². The quantitative estimate of drug-likeness (QED) is 0.437. The Morgan fingerprint density at radius 2 is 2.11 bits per heavy atom. The number of aromatic nitrogens is 2. The number of benzene rings is 2. The minimum Gasteiger partial charge on any atom is -0.325 e. The number of para-hydroxylation sites is 1. The topological polar surface area (TPSA) is 70.7 Å². The van der Waals surface area contributed by atoms with E-state index in [1.54, 1.807) is 29.8 Å². The first kappa shape index (κ1) is 19.6. The molecule has 2 aromatic carbocycles. The molecule has 5 nitrogen and oxygen atoms in total. The van der Waals surface area contributed by atoms with Gasteiger partial charge in [0.2, 0.25) is 5.91 Å². The SMILES string of the molecule is CC(Sc1nn(-c2ccccc2)c(=S)s1)C(=O)Nc1ccc(C#N)c(Cl)c1. The highest BCUT2D eigenvalue weighted by atomic mass is 35.5. The molecule has 136 valence electrons. The molecule has 9 heteroatoms. The van der Waals surface area contributed by atoms with Crippen LogP contribution in [0.15, 0.2) is 52.9 Å². The molecule has 1 aromatic heterocycles. The zero-order valence-corrected chi connectivity index (χ0v) is 17.3. The monoisotopic (exact) mass is 432 g/mol. The van der Waals surface area contributed by atoms with Crippen LogP contribution in [-0.4, -0.2) is 20.9 Å². The van der Waals surface area contributed by atoms with Gasteiger partial charge in [-0.05, 0) is 49.5 Å². The van der Waals surface area contributed by atoms with Gasteiger partial charge in [-0.3, -0.25) is 4.79 Å². The Bertz CT molecular complexity index is 1070. The summed E-state index contributed by atoms with van der Waals surface area (Å²) in [6.07, 6.45) is 0. The molecule has 27 heavy (non-hydrogen) atoms. The highest BCUT2D eigenvalue weighted by molar-refractivity contribution is 8.02. The van der Waals surface area contributed by atoms with Crippen LogP contribution in [-0.2, 0) is 4.79 Å². The Morgan fingerprint density at radius 3 is 2.78 bits per heavy atom. The fourth-order valence-corrected chi connectivity index (χ4v) is 4.90. The lowest BCUT2D eigenvalue weighted by molar-refractivity contribution is -0.115. The Labute approximate surface area is 174 Å². The molecule has 0 fully saturated rings. The zero-order chi connectivity index (χ0) is 19.4. The minimum absolute atomic E-state index is 0.187. The van der Waals surface area contributed by atoms with Crippen LogP contribution in [0.4, 0.5) is 5.69 Å². The second-order valence-corrected chi connectivity index (χ2v) is 9.05. The summed E-state index contributed by atoms with van der Waals surface area (Å²) >= 11 is 14.1. The van der Waals surface area contributed by atoms with E-state index in [4.69, 9.17) is 29.1 Å². The standard InChI is InChI=1S/C18H13ClN4OS3/c1-11(16(24)21-13-8-7-12(10-20)15(19)9-13)26-17-22-23(18(25)27-17)14-5-3-2-4-6-14/h2-9,11H,1H3,(H,21,24). The number of nitrogens with one attached hydrogen (secondary N) is 1. The lowest BCUT2D eigenvalue weighted by Gasteiger charge is -2.11. The molecular formula is C18H13ClN4OS3. The van der Waals surface area contributed by atoms with Crippen LogP contribution in [0.5, 0.6) is 0 Å². The molecule has 1 amide bonds. The highest BCUT2D eigenvalue weighted by Gasteiger charge is 2.18. The number of nitrogens with zero attached hydrogens (tertiary/aromatic N) is 3. The lowest BCUT2D eigenvalue weighted by atomic mass is 10.2. The average Bonchev–Trinajstić information content (AvgIpc) is 3.02. The average molecular weight is 433 g/mol. The van der Waals surface area contributed by atoms with Crippen LogP contribution in [0.3, 0.4) is 0 Å². The molecule has 0 aliphatic heterocycles. The molecule has 0 aliphatic carbocycles. The summed E-state index contributed by atoms with van der Waals surface area (Å²) in [7, 11) is 0. The van der Waals surface area contributed by atoms with Gasteiger partial charge in [0.25, 0.3) is 0 Å². The predicted molar refractivity (Wildman–Crippen MR) is 112 cm³/mol. The van der Waals surface area contributed by atoms with E-state index >= 15 is 0 Å². The first-order chi connectivity index (χ1) is 13.0. The molecule has 0 saturated carbocycles. The van der Waals surface area contributed by atoms with Crippen molar-refractivity contribution in [2.24, 2.45) is 0 Å². The van der Waals surface area contributed by atoms with Crippen LogP contribution < -0.4 is 5.32 Å². The van der Waals surface area contributed by atoms with Gasteiger partial charge >= 0.3 is 0 Å². The third kappa shape index (κ3) is 4.76. The molecule has 0 spiro atoms. The van der Waals surface area contributed by atoms with Crippen LogP contribution >= 0.6 is 46.9 Å². The lowest BCUT2D eigenvalue weighted by Crippen LogP contribution is -2.22. The van der Waals surface area contributed by atoms with E-state index in [1.165, 1.54) is 23.1 Å². The molecule has 3 aromatic rings. The summed E-state index contributed by atoms with van der Waals surface area (Å²) in [5.74, 6) is -0.187. The first-order valence-electron chi connectivity index (χ1n) is 7.80. The van der Waals surface area contributed by atoms with Crippen molar-refractivity contribution in [3.63, 3.8) is 0 Å². The number of anilines is 1. The summed E-state index contributed by atoms with van der Waals surface area (Å²) in [4.78, 5) is 12.4. The van der Waals surface area contributed by atoms with Gasteiger partial charge in [0.15, 0.2) is 8.29 Å². The Morgan fingerprint density at radius 1 is 1.37 bits per heavy atom. The summed E-state index contributed by atoms with van der Waals surface area (Å²) in [5.41, 5.74) is 1.79. The normalized spacial score (nSPS) is 11.6. The number of nitriles is 1. The molecule has 0 saturated heterocycles. The maximum Gasteiger partial charge on any atom is 0.237 e. The van der Waals surface area contributed by atoms with Crippen LogP contribution in [0.2, 0.25) is 5.02 Å². The van der Waals surface area contributed by atoms with Gasteiger partial charge in [-0.25, -0.2) is 4.68 Å². The van der Waals surface area contributed by atoms with E-state index in [0.717, 1.165) is 5.69 Å². The number of halogens is 1. The fourth-order valence-electron chi connectivity index (χ4n) is 2.17. The summed E-state index contributed by atoms with van der Waals surface area (Å²) in [5, 5.41) is 16.1. The van der Waals surface area contributed by atoms with Gasteiger partial charge in [-0.15, -0.1) is 5.10 Å². The smallest absolute Gasteiger partial charge is 0.237 e. The number of carbonyl (C=O) groups excluding carboxylic acids is 1. The van der Waals surface area contributed by atoms with Crippen molar-refractivity contribution in [3.8, 4) is 11.8 Å². The second kappa shape index (κ2) is 8.67. The van der Waals surface area contributed by atoms with Crippen molar-refractivity contribution in [3.05, 3.63) is 63.1 Å². The number of hydrogen-bond donors (Lipinski definition) is 1. The Balaban J connectivity index is 1.69. The van der Waals surface area contributed by atoms with Crippen molar-refractivity contribution in [2.75, 3.05) is 5.32 Å². The van der Waals surface area contributed by atoms with Gasteiger partial charge < -0.3 is 5.32 Å². The molecular weight excluding hydrogens is 420 g/mol. The molecule has 0 radical (unpaired) electrons. The van der Waals surface area contributed by atoms with Crippen LogP contribution in [0.1, 0.15) is 12.5 Å². The van der Waals surface area contributed by atoms with Gasteiger partial charge in [0.05, 0.1) is 21.5 Å². The van der Waals surface area contributed by atoms with Crippen molar-refractivity contribution < 1.29 is 4.79 Å². The number of hydrogen-bond acceptors (Lipinski definition) is 6. The summed E-state index contributed by atoms with van der Waals surface area (Å²) < 4.78 is 3.02. The zero-order valence-electron chi connectivity index (χ0n) is 14.0. The molecule has 0 aliphatic rings. The maximum absolute atomic E-state index is 12.4. The first-order valence-corrected chi connectivity index (χ1v) is 10.3. The fraction of sp³-hybridized carbons (Fsp3) is 0.111. The van der Waals surface area contributed by atoms with E-state index in [9.17, 15) is 4.79 Å². The van der Waals surface area contributed by atoms with Crippen LogP contribution in [0, 0.1) is 15.3 Å². The molecule has 1 N–H and O–H groups in total. The number of amides is 1. The van der Waals surface area contributed by atoms with Gasteiger partial charge in [-0.2, -0.15) is 5.26 Å². The van der Waals surface area contributed by atoms with Gasteiger partial charge in [0, 0.05) is 5.69 Å². The van der Waals surface area contributed by atoms with E-state index in [1.807, 2.05) is 36.4 Å². The van der Waals surface area contributed by atoms with E-state index < -0.39 is 0 Å². The van der Waals surface area contributed by atoms with E-state index in [2.05, 4.69) is 10.4 Å². The number of carbonyl (C=O) groups is 1. The Hall–Kier alpha value is -2.18. The van der Waals surface area contributed by atoms with Gasteiger partial charge in [0.1, 0.15) is 6.07 Å². The largest absolute Gasteiger partial charge is 0.325 e. The third-order valence-electron chi connectivity index (χ3n) is 3.53. The molecule has 3 rings (SSSR count). The van der Waals surface area contributed by atoms with E-state index in [0.29, 0.717) is 24.6 Å². The Kier molecular flexibility index (Phi) is 6.29. The van der Waals surface area contributed by atoms with Gasteiger partial charge in [-0.1, -0.05) is 52.9 Å². The molecule has 0 bridgehead atoms. The predicted octanol–water partition coefficient (Wildman–Crippen LogP) is 5.31. The maximum atomic E-state index is 12.4. The molecule has 1 atom stereocenters. The van der Waals surface area contributed by atoms with Crippen molar-refractivity contribution in [2.45, 2.75) is 16.5 Å². The number of thioether (sulfide) groups is 1. The number of rotatable bonds is 5. The van der Waals surface area contributed by atoms with Crippen molar-refractivity contribution in [1.82, 2.24) is 9.78 Å². The van der Waals surface area contributed by atoms with Crippen molar-refractivity contribution >= 4 is 58.5 Å². The third-order valence-corrected chi connectivity index (χ3v) is 6.26. The summed E-state index contributed by atoms with van der Waals surface area (Å²) in [6.45, 7) is 1.79. The van der Waals surface area contributed by atoms with E-state index in [-0.39, 0.29) is 11.2 Å².